The van der Waals surface area contributed by atoms with Crippen molar-refractivity contribution < 1.29 is 4.74 Å². The zero-order valence-electron chi connectivity index (χ0n) is 29.6. The van der Waals surface area contributed by atoms with E-state index in [0.717, 1.165) is 11.8 Å². The Kier molecular flexibility index (Phi) is 9.71. The van der Waals surface area contributed by atoms with Gasteiger partial charge in [0, 0.05) is 11.8 Å². The number of allylic oxidation sites excluding steroid dienone is 14. The molecular formula is C45H62O. The summed E-state index contributed by atoms with van der Waals surface area (Å²) in [5, 5.41) is 0. The summed E-state index contributed by atoms with van der Waals surface area (Å²) < 4.78 is 6.51. The molecule has 0 N–H and O–H groups in total. The minimum Gasteiger partial charge on any atom is -0.374 e. The monoisotopic (exact) mass is 618 g/mol. The fourth-order valence-electron chi connectivity index (χ4n) is 11.0. The standard InChI is InChI=1S/C45H62O/c1-6-40-31(3)46-44-17-10-12-33(27-42(40)44)26-38(25-32-19-22-35(23-20-32)34-13-8-7-9-14-34)36-15-11-16-41-37-21-18-30(2)24-39(28-37)45(4,5)43(41)29-36/h6,12-13,16,18-19,21-23,28,30-32,36-38,40,42-44H,1,7-11,14-15,17,20,24-27,29H2,2-5H3. The average Bonchev–Trinajstić information content (AvgIpc) is 3.30. The minimum atomic E-state index is 0.245. The van der Waals surface area contributed by atoms with E-state index in [1.54, 1.807) is 22.3 Å². The number of rotatable bonds is 7. The highest BCUT2D eigenvalue weighted by Gasteiger charge is 2.45. The van der Waals surface area contributed by atoms with Gasteiger partial charge < -0.3 is 4.74 Å². The van der Waals surface area contributed by atoms with Crippen LogP contribution in [0.3, 0.4) is 0 Å². The minimum absolute atomic E-state index is 0.245. The quantitative estimate of drug-likeness (QED) is 0.258. The number of ether oxygens (including phenoxy) is 1. The van der Waals surface area contributed by atoms with Gasteiger partial charge in [0.1, 0.15) is 0 Å². The van der Waals surface area contributed by atoms with Crippen LogP contribution in [0, 0.1) is 52.8 Å². The molecule has 1 heterocycles. The SMILES string of the molecule is C=CC1C(C)OC2CCC=C(CC(CC3C=CC(C4=CCCCC4)=CC3)C3CCC=C4C5C=CC(C)CC(=C5)C(C)(C)C4C3)CC21. The van der Waals surface area contributed by atoms with Gasteiger partial charge in [-0.15, -0.1) is 6.58 Å². The van der Waals surface area contributed by atoms with Crippen LogP contribution in [0.15, 0.2) is 95.2 Å². The molecule has 7 rings (SSSR count). The van der Waals surface area contributed by atoms with Crippen LogP contribution in [0.1, 0.15) is 118 Å². The number of hydrogen-bond acceptors (Lipinski definition) is 1. The van der Waals surface area contributed by atoms with Gasteiger partial charge in [0.15, 0.2) is 0 Å². The molecule has 46 heavy (non-hydrogen) atoms. The van der Waals surface area contributed by atoms with E-state index in [1.165, 1.54) is 95.5 Å². The zero-order chi connectivity index (χ0) is 31.8. The summed E-state index contributed by atoms with van der Waals surface area (Å²) in [7, 11) is 0. The van der Waals surface area contributed by atoms with Crippen LogP contribution >= 0.6 is 0 Å². The van der Waals surface area contributed by atoms with Crippen LogP contribution in [0.25, 0.3) is 0 Å². The lowest BCUT2D eigenvalue weighted by molar-refractivity contribution is 0.0375. The maximum absolute atomic E-state index is 6.51. The van der Waals surface area contributed by atoms with Gasteiger partial charge in [0.05, 0.1) is 12.2 Å². The molecule has 0 amide bonds. The summed E-state index contributed by atoms with van der Waals surface area (Å²) >= 11 is 0. The first-order chi connectivity index (χ1) is 22.3. The zero-order valence-corrected chi connectivity index (χ0v) is 29.6. The first-order valence-corrected chi connectivity index (χ1v) is 19.4. The molecule has 0 radical (unpaired) electrons. The van der Waals surface area contributed by atoms with E-state index in [-0.39, 0.29) is 5.41 Å². The third-order valence-electron chi connectivity index (χ3n) is 13.7. The van der Waals surface area contributed by atoms with E-state index in [4.69, 9.17) is 4.74 Å². The third-order valence-corrected chi connectivity index (χ3v) is 13.7. The van der Waals surface area contributed by atoms with E-state index in [1.807, 2.05) is 0 Å². The lowest BCUT2D eigenvalue weighted by atomic mass is 9.59. The van der Waals surface area contributed by atoms with Gasteiger partial charge in [-0.25, -0.2) is 0 Å². The van der Waals surface area contributed by atoms with E-state index >= 15 is 0 Å². The predicted octanol–water partition coefficient (Wildman–Crippen LogP) is 12.2. The van der Waals surface area contributed by atoms with Gasteiger partial charge in [0.2, 0.25) is 0 Å². The summed E-state index contributed by atoms with van der Waals surface area (Å²) in [5.41, 5.74) is 8.59. The third kappa shape index (κ3) is 6.61. The number of hydrogen-bond donors (Lipinski definition) is 0. The van der Waals surface area contributed by atoms with Gasteiger partial charge >= 0.3 is 0 Å². The van der Waals surface area contributed by atoms with Crippen molar-refractivity contribution >= 4 is 0 Å². The van der Waals surface area contributed by atoms with Gasteiger partial charge in [-0.2, -0.15) is 0 Å². The van der Waals surface area contributed by atoms with Crippen molar-refractivity contribution in [1.29, 1.82) is 0 Å². The van der Waals surface area contributed by atoms with Crippen molar-refractivity contribution in [2.45, 2.75) is 130 Å². The van der Waals surface area contributed by atoms with E-state index in [0.29, 0.717) is 47.7 Å². The molecule has 0 aromatic rings. The second-order valence-electron chi connectivity index (χ2n) is 17.0. The normalized spacial score (nSPS) is 39.2. The van der Waals surface area contributed by atoms with Crippen LogP contribution in [-0.4, -0.2) is 12.2 Å². The first-order valence-electron chi connectivity index (χ1n) is 19.4. The molecule has 1 heteroatoms. The average molecular weight is 619 g/mol. The molecule has 1 nitrogen and oxygen atoms in total. The molecule has 6 aliphatic carbocycles. The highest BCUT2D eigenvalue weighted by Crippen LogP contribution is 2.55. The second-order valence-corrected chi connectivity index (χ2v) is 17.0. The van der Waals surface area contributed by atoms with Crippen LogP contribution in [-0.2, 0) is 4.74 Å². The molecule has 7 aliphatic rings. The maximum atomic E-state index is 6.51. The van der Waals surface area contributed by atoms with E-state index < -0.39 is 0 Å². The molecule has 2 bridgehead atoms. The van der Waals surface area contributed by atoms with Gasteiger partial charge in [-0.1, -0.05) is 98.3 Å². The topological polar surface area (TPSA) is 9.23 Å². The molecule has 1 saturated heterocycles. The summed E-state index contributed by atoms with van der Waals surface area (Å²) in [5.74, 6) is 5.10. The molecular weight excluding hydrogens is 556 g/mol. The van der Waals surface area contributed by atoms with Gasteiger partial charge in [0.25, 0.3) is 0 Å². The van der Waals surface area contributed by atoms with Gasteiger partial charge in [-0.05, 0) is 149 Å². The first kappa shape index (κ1) is 32.4. The van der Waals surface area contributed by atoms with Crippen LogP contribution in [0.5, 0.6) is 0 Å². The molecule has 0 aromatic carbocycles. The summed E-state index contributed by atoms with van der Waals surface area (Å²) in [6.07, 6.45) is 44.1. The van der Waals surface area contributed by atoms with E-state index in [9.17, 15) is 0 Å². The van der Waals surface area contributed by atoms with Crippen LogP contribution in [0.2, 0.25) is 0 Å². The Morgan fingerprint density at radius 1 is 0.978 bits per heavy atom. The predicted molar refractivity (Wildman–Crippen MR) is 195 cm³/mol. The van der Waals surface area contributed by atoms with Crippen molar-refractivity contribution in [2.75, 3.05) is 0 Å². The summed E-state index contributed by atoms with van der Waals surface area (Å²) in [4.78, 5) is 0. The lowest BCUT2D eigenvalue weighted by Gasteiger charge is -2.45. The molecule has 0 saturated carbocycles. The second kappa shape index (κ2) is 13.8. The fourth-order valence-corrected chi connectivity index (χ4v) is 11.0. The molecule has 10 unspecified atom stereocenters. The molecule has 248 valence electrons. The fraction of sp³-hybridized carbons (Fsp3) is 0.644. The maximum Gasteiger partial charge on any atom is 0.0619 e. The Morgan fingerprint density at radius 2 is 1.85 bits per heavy atom. The molecule has 0 aromatic heterocycles. The molecule has 10 atom stereocenters. The Hall–Kier alpha value is -2.12. The Morgan fingerprint density at radius 3 is 2.63 bits per heavy atom. The molecule has 1 fully saturated rings. The van der Waals surface area contributed by atoms with Crippen LogP contribution in [0.4, 0.5) is 0 Å². The highest BCUT2D eigenvalue weighted by molar-refractivity contribution is 5.42. The molecule has 1 aliphatic heterocycles. The Balaban J connectivity index is 1.14. The number of fused-ring (bicyclic) bond motifs is 4. The molecule has 0 spiro atoms. The van der Waals surface area contributed by atoms with Crippen molar-refractivity contribution in [3.8, 4) is 0 Å². The Bertz CT molecular complexity index is 1360. The van der Waals surface area contributed by atoms with Crippen molar-refractivity contribution in [3.05, 3.63) is 95.2 Å². The summed E-state index contributed by atoms with van der Waals surface area (Å²) in [6, 6.07) is 0. The van der Waals surface area contributed by atoms with Crippen molar-refractivity contribution in [1.82, 2.24) is 0 Å². The van der Waals surface area contributed by atoms with Crippen LogP contribution < -0.4 is 0 Å². The lowest BCUT2D eigenvalue weighted by Crippen LogP contribution is -2.36. The van der Waals surface area contributed by atoms with Crippen molar-refractivity contribution in [3.63, 3.8) is 0 Å². The van der Waals surface area contributed by atoms with Crippen molar-refractivity contribution in [2.24, 2.45) is 52.8 Å². The largest absolute Gasteiger partial charge is 0.374 e. The van der Waals surface area contributed by atoms with Gasteiger partial charge in [-0.3, -0.25) is 0 Å². The summed E-state index contributed by atoms with van der Waals surface area (Å²) in [6.45, 7) is 14.1. The van der Waals surface area contributed by atoms with E-state index in [2.05, 4.69) is 95.0 Å². The Labute approximate surface area is 281 Å². The highest BCUT2D eigenvalue weighted by atomic mass is 16.5. The smallest absolute Gasteiger partial charge is 0.0619 e.